The van der Waals surface area contributed by atoms with E-state index in [0.29, 0.717) is 18.1 Å². The number of carbonyl (C=O) groups excluding carboxylic acids is 1. The van der Waals surface area contributed by atoms with Crippen LogP contribution < -0.4 is 5.32 Å². The maximum atomic E-state index is 12.3. The summed E-state index contributed by atoms with van der Waals surface area (Å²) in [6.07, 6.45) is 1.83. The monoisotopic (exact) mass is 276 g/mol. The molecule has 1 aliphatic rings. The van der Waals surface area contributed by atoms with Crippen LogP contribution in [0, 0.1) is 13.8 Å². The van der Waals surface area contributed by atoms with Gasteiger partial charge in [-0.3, -0.25) is 5.32 Å². The lowest BCUT2D eigenvalue weighted by Gasteiger charge is -2.22. The Kier molecular flexibility index (Phi) is 3.17. The predicted octanol–water partition coefficient (Wildman–Crippen LogP) is 2.65. The van der Waals surface area contributed by atoms with Crippen molar-refractivity contribution in [1.29, 1.82) is 0 Å². The van der Waals surface area contributed by atoms with Gasteiger partial charge in [0, 0.05) is 18.7 Å². The number of anilines is 1. The van der Waals surface area contributed by atoms with Crippen molar-refractivity contribution < 1.29 is 13.8 Å². The minimum Gasteiger partial charge on any atom is -0.361 e. The van der Waals surface area contributed by atoms with Crippen LogP contribution in [0.5, 0.6) is 0 Å². The molecule has 0 saturated carbocycles. The second-order valence-electron chi connectivity index (χ2n) is 4.97. The van der Waals surface area contributed by atoms with Gasteiger partial charge in [-0.25, -0.2) is 4.79 Å². The molecule has 1 fully saturated rings. The molecular formula is C13H16N4O3. The quantitative estimate of drug-likeness (QED) is 0.911. The topological polar surface area (TPSA) is 84.4 Å². The number of amides is 2. The van der Waals surface area contributed by atoms with Crippen LogP contribution in [0.4, 0.5) is 10.6 Å². The van der Waals surface area contributed by atoms with Gasteiger partial charge < -0.3 is 13.9 Å². The fraction of sp³-hybridized carbons (Fsp3) is 0.462. The summed E-state index contributed by atoms with van der Waals surface area (Å²) in [7, 11) is 0. The smallest absolute Gasteiger partial charge is 0.323 e. The average Bonchev–Trinajstić information content (AvgIpc) is 3.09. The number of likely N-dealkylation sites (tertiary alicyclic amines) is 1. The highest BCUT2D eigenvalue weighted by molar-refractivity contribution is 5.88. The first-order valence-electron chi connectivity index (χ1n) is 6.57. The van der Waals surface area contributed by atoms with Crippen LogP contribution in [0.15, 0.2) is 21.2 Å². The van der Waals surface area contributed by atoms with E-state index in [1.807, 2.05) is 13.0 Å². The molecule has 0 aliphatic carbocycles. The van der Waals surface area contributed by atoms with E-state index in [1.54, 1.807) is 17.9 Å². The predicted molar refractivity (Wildman–Crippen MR) is 70.2 cm³/mol. The molecule has 7 heteroatoms. The molecule has 1 aliphatic heterocycles. The first-order chi connectivity index (χ1) is 9.63. The number of carbonyl (C=O) groups is 1. The van der Waals surface area contributed by atoms with Crippen LogP contribution in [0.2, 0.25) is 0 Å². The molecule has 1 saturated heterocycles. The van der Waals surface area contributed by atoms with Crippen LogP contribution in [-0.4, -0.2) is 27.8 Å². The Labute approximate surface area is 115 Å². The van der Waals surface area contributed by atoms with Gasteiger partial charge in [0.25, 0.3) is 0 Å². The summed E-state index contributed by atoms with van der Waals surface area (Å²) in [5.74, 6) is 1.83. The van der Waals surface area contributed by atoms with Crippen molar-refractivity contribution in [2.24, 2.45) is 0 Å². The molecular weight excluding hydrogens is 260 g/mol. The molecule has 2 amide bonds. The number of nitrogens with zero attached hydrogens (tertiary/aromatic N) is 3. The Morgan fingerprint density at radius 1 is 1.30 bits per heavy atom. The molecule has 7 nitrogen and oxygen atoms in total. The Morgan fingerprint density at radius 3 is 2.70 bits per heavy atom. The molecule has 20 heavy (non-hydrogen) atoms. The highest BCUT2D eigenvalue weighted by atomic mass is 16.5. The van der Waals surface area contributed by atoms with E-state index in [4.69, 9.17) is 9.05 Å². The van der Waals surface area contributed by atoms with Gasteiger partial charge in [-0.1, -0.05) is 10.3 Å². The lowest BCUT2D eigenvalue weighted by Crippen LogP contribution is -2.34. The highest BCUT2D eigenvalue weighted by Crippen LogP contribution is 2.31. The molecule has 1 unspecified atom stereocenters. The summed E-state index contributed by atoms with van der Waals surface area (Å²) in [6.45, 7) is 4.31. The van der Waals surface area contributed by atoms with E-state index >= 15 is 0 Å². The van der Waals surface area contributed by atoms with Crippen molar-refractivity contribution in [3.8, 4) is 0 Å². The molecule has 0 bridgehead atoms. The van der Waals surface area contributed by atoms with Crippen LogP contribution >= 0.6 is 0 Å². The van der Waals surface area contributed by atoms with Gasteiger partial charge in [0.1, 0.15) is 17.2 Å². The van der Waals surface area contributed by atoms with Gasteiger partial charge in [-0.2, -0.15) is 0 Å². The number of nitrogens with one attached hydrogen (secondary N) is 1. The molecule has 0 radical (unpaired) electrons. The molecule has 3 rings (SSSR count). The second kappa shape index (κ2) is 4.99. The molecule has 106 valence electrons. The van der Waals surface area contributed by atoms with Gasteiger partial charge in [0.2, 0.25) is 0 Å². The minimum atomic E-state index is -0.193. The zero-order valence-electron chi connectivity index (χ0n) is 11.4. The van der Waals surface area contributed by atoms with E-state index < -0.39 is 0 Å². The van der Waals surface area contributed by atoms with E-state index in [-0.39, 0.29) is 12.1 Å². The van der Waals surface area contributed by atoms with Gasteiger partial charge in [-0.15, -0.1) is 0 Å². The lowest BCUT2D eigenvalue weighted by molar-refractivity contribution is 0.204. The van der Waals surface area contributed by atoms with Crippen LogP contribution in [-0.2, 0) is 0 Å². The zero-order valence-corrected chi connectivity index (χ0v) is 11.4. The van der Waals surface area contributed by atoms with E-state index in [0.717, 1.165) is 24.3 Å². The number of hydrogen-bond donors (Lipinski definition) is 1. The van der Waals surface area contributed by atoms with Crippen molar-refractivity contribution in [1.82, 2.24) is 15.2 Å². The van der Waals surface area contributed by atoms with Crippen molar-refractivity contribution in [3.63, 3.8) is 0 Å². The normalized spacial score (nSPS) is 18.5. The van der Waals surface area contributed by atoms with Gasteiger partial charge >= 0.3 is 6.03 Å². The van der Waals surface area contributed by atoms with Crippen LogP contribution in [0.3, 0.4) is 0 Å². The largest absolute Gasteiger partial charge is 0.361 e. The summed E-state index contributed by atoms with van der Waals surface area (Å²) in [5, 5.41) is 10.5. The zero-order chi connectivity index (χ0) is 14.1. The van der Waals surface area contributed by atoms with E-state index in [2.05, 4.69) is 15.6 Å². The number of urea groups is 1. The summed E-state index contributed by atoms with van der Waals surface area (Å²) in [6, 6.07) is 3.32. The minimum absolute atomic E-state index is 0.0413. The highest BCUT2D eigenvalue weighted by Gasteiger charge is 2.32. The maximum absolute atomic E-state index is 12.3. The standard InChI is InChI=1S/C13H16N4O3/c1-8-6-10(15-19-8)11-4-3-5-17(11)13(18)14-12-7-9(2)20-16-12/h6-7,11H,3-5H2,1-2H3,(H,14,16,18). The van der Waals surface area contributed by atoms with Crippen molar-refractivity contribution in [3.05, 3.63) is 29.3 Å². The second-order valence-corrected chi connectivity index (χ2v) is 4.97. The number of aromatic nitrogens is 2. The van der Waals surface area contributed by atoms with Gasteiger partial charge in [0.15, 0.2) is 5.82 Å². The average molecular weight is 276 g/mol. The van der Waals surface area contributed by atoms with E-state index in [9.17, 15) is 4.79 Å². The SMILES string of the molecule is Cc1cc(NC(=O)N2CCCC2c2cc(C)on2)no1. The fourth-order valence-electron chi connectivity index (χ4n) is 2.47. The fourth-order valence-corrected chi connectivity index (χ4v) is 2.47. The Morgan fingerprint density at radius 2 is 2.05 bits per heavy atom. The molecule has 2 aromatic heterocycles. The summed E-state index contributed by atoms with van der Waals surface area (Å²) in [5.41, 5.74) is 0.798. The van der Waals surface area contributed by atoms with Crippen molar-refractivity contribution in [2.45, 2.75) is 32.7 Å². The number of rotatable bonds is 2. The maximum Gasteiger partial charge on any atom is 0.323 e. The summed E-state index contributed by atoms with van der Waals surface area (Å²) in [4.78, 5) is 14.0. The third-order valence-corrected chi connectivity index (χ3v) is 3.36. The van der Waals surface area contributed by atoms with Gasteiger partial charge in [0.05, 0.1) is 6.04 Å². The van der Waals surface area contributed by atoms with Crippen molar-refractivity contribution >= 4 is 11.8 Å². The first-order valence-corrected chi connectivity index (χ1v) is 6.57. The lowest BCUT2D eigenvalue weighted by atomic mass is 10.1. The summed E-state index contributed by atoms with van der Waals surface area (Å²) >= 11 is 0. The molecule has 1 atom stereocenters. The summed E-state index contributed by atoms with van der Waals surface area (Å²) < 4.78 is 10.0. The molecule has 3 heterocycles. The third kappa shape index (κ3) is 2.38. The Balaban J connectivity index is 1.73. The van der Waals surface area contributed by atoms with Crippen LogP contribution in [0.25, 0.3) is 0 Å². The number of hydrogen-bond acceptors (Lipinski definition) is 5. The van der Waals surface area contributed by atoms with E-state index in [1.165, 1.54) is 0 Å². The Hall–Kier alpha value is -2.31. The third-order valence-electron chi connectivity index (χ3n) is 3.36. The Bertz CT molecular complexity index is 619. The van der Waals surface area contributed by atoms with Crippen LogP contribution in [0.1, 0.15) is 36.1 Å². The molecule has 0 aromatic carbocycles. The molecule has 0 spiro atoms. The van der Waals surface area contributed by atoms with Gasteiger partial charge in [-0.05, 0) is 26.7 Å². The number of aryl methyl sites for hydroxylation is 2. The molecule has 2 aromatic rings. The molecule has 1 N–H and O–H groups in total. The van der Waals surface area contributed by atoms with Crippen molar-refractivity contribution in [2.75, 3.05) is 11.9 Å². The first kappa shape index (κ1) is 12.7.